The largest absolute Gasteiger partial charge is 0.329 e. The average Bonchev–Trinajstić information content (AvgIpc) is 2.48. The zero-order valence-corrected chi connectivity index (χ0v) is 9.41. The van der Waals surface area contributed by atoms with Crippen LogP contribution in [0.5, 0.6) is 0 Å². The Bertz CT molecular complexity index is 367. The molecule has 1 aliphatic rings. The second-order valence-corrected chi connectivity index (χ2v) is 4.26. The number of hydrogen-bond acceptors (Lipinski definition) is 1. The minimum Gasteiger partial charge on any atom is -0.329 e. The van der Waals surface area contributed by atoms with Gasteiger partial charge in [0, 0.05) is 18.1 Å². The van der Waals surface area contributed by atoms with Gasteiger partial charge >= 0.3 is 6.03 Å². The van der Waals surface area contributed by atoms with Gasteiger partial charge < -0.3 is 10.2 Å². The summed E-state index contributed by atoms with van der Waals surface area (Å²) in [6.45, 7) is 0.724. The second kappa shape index (κ2) is 3.61. The molecule has 0 aromatic heterocycles. The van der Waals surface area contributed by atoms with Crippen LogP contribution in [0.3, 0.4) is 0 Å². The molecule has 0 aliphatic carbocycles. The van der Waals surface area contributed by atoms with Gasteiger partial charge in [-0.25, -0.2) is 4.79 Å². The summed E-state index contributed by atoms with van der Waals surface area (Å²) in [7, 11) is 1.80. The summed E-state index contributed by atoms with van der Waals surface area (Å²) in [4.78, 5) is 13.0. The molecule has 3 nitrogen and oxygen atoms in total. The van der Waals surface area contributed by atoms with E-state index in [2.05, 4.69) is 21.2 Å². The number of carbonyl (C=O) groups excluding carboxylic acids is 1. The molecular formula is C10H11BrN2O. The molecule has 1 aromatic rings. The Morgan fingerprint density at radius 2 is 2.21 bits per heavy atom. The predicted octanol–water partition coefficient (Wildman–Crippen LogP) is 2.15. The van der Waals surface area contributed by atoms with Crippen molar-refractivity contribution in [2.75, 3.05) is 13.6 Å². The molecular weight excluding hydrogens is 244 g/mol. The Hall–Kier alpha value is -1.03. The molecule has 1 fully saturated rings. The molecule has 0 radical (unpaired) electrons. The molecule has 4 heteroatoms. The third-order valence-corrected chi connectivity index (χ3v) is 3.10. The third kappa shape index (κ3) is 1.62. The van der Waals surface area contributed by atoms with E-state index >= 15 is 0 Å². The van der Waals surface area contributed by atoms with Crippen LogP contribution in [0.15, 0.2) is 28.7 Å². The van der Waals surface area contributed by atoms with Crippen LogP contribution in [-0.2, 0) is 0 Å². The summed E-state index contributed by atoms with van der Waals surface area (Å²) in [5.74, 6) is 0. The van der Waals surface area contributed by atoms with Gasteiger partial charge in [-0.3, -0.25) is 0 Å². The lowest BCUT2D eigenvalue weighted by molar-refractivity contribution is 0.226. The Kier molecular flexibility index (Phi) is 2.46. The van der Waals surface area contributed by atoms with E-state index in [-0.39, 0.29) is 12.1 Å². The Labute approximate surface area is 91.2 Å². The molecule has 1 aromatic carbocycles. The minimum atomic E-state index is -0.00856. The lowest BCUT2D eigenvalue weighted by Gasteiger charge is -2.11. The van der Waals surface area contributed by atoms with E-state index in [1.807, 2.05) is 24.3 Å². The molecule has 1 heterocycles. The van der Waals surface area contributed by atoms with E-state index in [0.717, 1.165) is 16.6 Å². The van der Waals surface area contributed by atoms with Gasteiger partial charge in [0.05, 0.1) is 6.04 Å². The van der Waals surface area contributed by atoms with Crippen LogP contribution in [0.4, 0.5) is 4.79 Å². The highest BCUT2D eigenvalue weighted by Gasteiger charge is 2.27. The molecule has 1 atom stereocenters. The third-order valence-electron chi connectivity index (χ3n) is 2.38. The maximum atomic E-state index is 11.3. The van der Waals surface area contributed by atoms with Gasteiger partial charge in [0.2, 0.25) is 0 Å². The summed E-state index contributed by atoms with van der Waals surface area (Å²) < 4.78 is 1.04. The van der Waals surface area contributed by atoms with Gasteiger partial charge in [0.25, 0.3) is 0 Å². The van der Waals surface area contributed by atoms with Crippen molar-refractivity contribution in [3.63, 3.8) is 0 Å². The summed E-state index contributed by atoms with van der Waals surface area (Å²) in [6.07, 6.45) is 0. The quantitative estimate of drug-likeness (QED) is 0.819. The van der Waals surface area contributed by atoms with E-state index in [1.54, 1.807) is 11.9 Å². The van der Waals surface area contributed by atoms with Gasteiger partial charge in [-0.2, -0.15) is 0 Å². The number of nitrogens with zero attached hydrogens (tertiary/aromatic N) is 1. The molecule has 1 aliphatic heterocycles. The summed E-state index contributed by atoms with van der Waals surface area (Å²) in [6, 6.07) is 8.04. The van der Waals surface area contributed by atoms with Crippen molar-refractivity contribution in [1.29, 1.82) is 0 Å². The number of carbonyl (C=O) groups is 1. The van der Waals surface area contributed by atoms with Crippen molar-refractivity contribution < 1.29 is 4.79 Å². The van der Waals surface area contributed by atoms with Gasteiger partial charge in [0.1, 0.15) is 0 Å². The van der Waals surface area contributed by atoms with Crippen molar-refractivity contribution in [2.24, 2.45) is 0 Å². The highest BCUT2D eigenvalue weighted by atomic mass is 79.9. The van der Waals surface area contributed by atoms with Crippen LogP contribution < -0.4 is 5.32 Å². The van der Waals surface area contributed by atoms with Crippen molar-refractivity contribution in [3.8, 4) is 0 Å². The van der Waals surface area contributed by atoms with E-state index < -0.39 is 0 Å². The zero-order valence-electron chi connectivity index (χ0n) is 7.83. The lowest BCUT2D eigenvalue weighted by atomic mass is 10.1. The number of benzene rings is 1. The monoisotopic (exact) mass is 254 g/mol. The molecule has 0 saturated carbocycles. The number of hydrogen-bond donors (Lipinski definition) is 1. The zero-order chi connectivity index (χ0) is 10.1. The number of rotatable bonds is 1. The molecule has 74 valence electrons. The number of nitrogens with one attached hydrogen (secondary N) is 1. The molecule has 2 amide bonds. The highest BCUT2D eigenvalue weighted by Crippen LogP contribution is 2.26. The van der Waals surface area contributed by atoms with Gasteiger partial charge in [-0.05, 0) is 11.6 Å². The Morgan fingerprint density at radius 3 is 2.79 bits per heavy atom. The number of likely N-dealkylation sites (N-methyl/N-ethyl adjacent to an activating group) is 1. The van der Waals surface area contributed by atoms with Crippen LogP contribution in [0.2, 0.25) is 0 Å². The predicted molar refractivity (Wildman–Crippen MR) is 58.0 cm³/mol. The Morgan fingerprint density at radius 1 is 1.50 bits per heavy atom. The van der Waals surface area contributed by atoms with Crippen LogP contribution in [0, 0.1) is 0 Å². The van der Waals surface area contributed by atoms with E-state index in [0.29, 0.717) is 0 Å². The molecule has 14 heavy (non-hydrogen) atoms. The first-order chi connectivity index (χ1) is 6.68. The van der Waals surface area contributed by atoms with Crippen LogP contribution >= 0.6 is 15.9 Å². The normalized spacial score (nSPS) is 21.1. The van der Waals surface area contributed by atoms with E-state index in [9.17, 15) is 4.79 Å². The average molecular weight is 255 g/mol. The summed E-state index contributed by atoms with van der Waals surface area (Å²) >= 11 is 3.48. The fraction of sp³-hybridized carbons (Fsp3) is 0.300. The van der Waals surface area contributed by atoms with Crippen molar-refractivity contribution in [1.82, 2.24) is 10.2 Å². The smallest absolute Gasteiger partial charge is 0.317 e. The van der Waals surface area contributed by atoms with Crippen molar-refractivity contribution in [2.45, 2.75) is 6.04 Å². The molecule has 0 spiro atoms. The van der Waals surface area contributed by atoms with Crippen LogP contribution in [-0.4, -0.2) is 24.5 Å². The first-order valence-electron chi connectivity index (χ1n) is 4.44. The first kappa shape index (κ1) is 9.52. The molecule has 1 N–H and O–H groups in total. The van der Waals surface area contributed by atoms with Crippen LogP contribution in [0.1, 0.15) is 11.6 Å². The SMILES string of the molecule is CN1CC(c2ccccc2Br)NC1=O. The summed E-state index contributed by atoms with van der Waals surface area (Å²) in [5.41, 5.74) is 1.13. The minimum absolute atomic E-state index is 0.00856. The number of amides is 2. The number of halogens is 1. The Balaban J connectivity index is 2.25. The van der Waals surface area contributed by atoms with Crippen molar-refractivity contribution in [3.05, 3.63) is 34.3 Å². The first-order valence-corrected chi connectivity index (χ1v) is 5.24. The number of urea groups is 1. The summed E-state index contributed by atoms with van der Waals surface area (Å²) in [5, 5.41) is 2.92. The van der Waals surface area contributed by atoms with E-state index in [1.165, 1.54) is 0 Å². The fourth-order valence-corrected chi connectivity index (χ4v) is 2.16. The van der Waals surface area contributed by atoms with Gasteiger partial charge in [0.15, 0.2) is 0 Å². The van der Waals surface area contributed by atoms with Crippen LogP contribution in [0.25, 0.3) is 0 Å². The molecule has 2 rings (SSSR count). The van der Waals surface area contributed by atoms with E-state index in [4.69, 9.17) is 0 Å². The second-order valence-electron chi connectivity index (χ2n) is 3.40. The lowest BCUT2D eigenvalue weighted by Crippen LogP contribution is -2.24. The van der Waals surface area contributed by atoms with Crippen molar-refractivity contribution >= 4 is 22.0 Å². The fourth-order valence-electron chi connectivity index (χ4n) is 1.60. The molecule has 1 unspecified atom stereocenters. The highest BCUT2D eigenvalue weighted by molar-refractivity contribution is 9.10. The maximum Gasteiger partial charge on any atom is 0.317 e. The standard InChI is InChI=1S/C10H11BrN2O/c1-13-6-9(12-10(13)14)7-4-2-3-5-8(7)11/h2-5,9H,6H2,1H3,(H,12,14). The topological polar surface area (TPSA) is 32.3 Å². The molecule has 1 saturated heterocycles. The maximum absolute atomic E-state index is 11.3. The molecule has 0 bridgehead atoms. The van der Waals surface area contributed by atoms with Gasteiger partial charge in [-0.15, -0.1) is 0 Å². The van der Waals surface area contributed by atoms with Gasteiger partial charge in [-0.1, -0.05) is 34.1 Å².